The second-order valence-corrected chi connectivity index (χ2v) is 9.50. The van der Waals surface area contributed by atoms with Gasteiger partial charge in [-0.1, -0.05) is 110 Å². The third kappa shape index (κ3) is 9.83. The first-order valence-electron chi connectivity index (χ1n) is 9.97. The highest BCUT2D eigenvalue weighted by Gasteiger charge is 2.16. The van der Waals surface area contributed by atoms with Crippen LogP contribution in [-0.2, 0) is 0 Å². The fraction of sp³-hybridized carbons (Fsp3) is 0.810. The minimum atomic E-state index is 0.216. The number of allylic oxidation sites excluding steroid dienone is 4. The molecular formula is C21H39P. The van der Waals surface area contributed by atoms with E-state index in [2.05, 4.69) is 38.2 Å². The summed E-state index contributed by atoms with van der Waals surface area (Å²) in [4.78, 5) is 0. The molecule has 1 heteroatoms. The summed E-state index contributed by atoms with van der Waals surface area (Å²) >= 11 is 0. The summed E-state index contributed by atoms with van der Waals surface area (Å²) in [5, 5.41) is 0. The van der Waals surface area contributed by atoms with Gasteiger partial charge in [-0.3, -0.25) is 0 Å². The zero-order chi connectivity index (χ0) is 15.9. The van der Waals surface area contributed by atoms with Crippen molar-refractivity contribution in [1.82, 2.24) is 0 Å². The zero-order valence-electron chi connectivity index (χ0n) is 15.2. The van der Waals surface area contributed by atoms with E-state index in [1.807, 2.05) is 0 Å². The second-order valence-electron chi connectivity index (χ2n) is 6.83. The molecule has 0 saturated heterocycles. The molecule has 0 radical (unpaired) electrons. The molecule has 0 aromatic rings. The van der Waals surface area contributed by atoms with Gasteiger partial charge in [0.15, 0.2) is 0 Å². The van der Waals surface area contributed by atoms with Crippen LogP contribution in [0.3, 0.4) is 0 Å². The van der Waals surface area contributed by atoms with E-state index >= 15 is 0 Å². The van der Waals surface area contributed by atoms with E-state index < -0.39 is 0 Å². The number of rotatable bonds is 15. The van der Waals surface area contributed by atoms with E-state index in [4.69, 9.17) is 0 Å². The molecule has 128 valence electrons. The van der Waals surface area contributed by atoms with Gasteiger partial charge in [-0.25, -0.2) is 0 Å². The molecule has 0 aromatic carbocycles. The molecule has 0 amide bonds. The number of hydrogen-bond acceptors (Lipinski definition) is 0. The Hall–Kier alpha value is -0.0900. The van der Waals surface area contributed by atoms with Crippen molar-refractivity contribution in [2.45, 2.75) is 96.6 Å². The zero-order valence-corrected chi connectivity index (χ0v) is 16.1. The summed E-state index contributed by atoms with van der Waals surface area (Å²) in [5.74, 6) is 0. The lowest BCUT2D eigenvalue weighted by molar-refractivity contribution is 0.621. The standard InChI is InChI=1S/C21H39P/c1-3-5-7-9-11-15-19-22(21-17-13-14-18-21)20-16-12-10-8-6-4-2/h13-14,17-18,21H,3-12,15-16,19-20H2,1-2H3. The Labute approximate surface area is 141 Å². The van der Waals surface area contributed by atoms with Crippen LogP contribution < -0.4 is 0 Å². The molecule has 0 N–H and O–H groups in total. The molecule has 22 heavy (non-hydrogen) atoms. The van der Waals surface area contributed by atoms with Gasteiger partial charge >= 0.3 is 0 Å². The van der Waals surface area contributed by atoms with E-state index in [9.17, 15) is 0 Å². The molecule has 0 nitrogen and oxygen atoms in total. The maximum absolute atomic E-state index is 2.46. The molecule has 1 aliphatic carbocycles. The van der Waals surface area contributed by atoms with Crippen molar-refractivity contribution in [3.05, 3.63) is 24.3 Å². The number of hydrogen-bond donors (Lipinski definition) is 0. The molecule has 0 spiro atoms. The molecule has 0 atom stereocenters. The van der Waals surface area contributed by atoms with Crippen LogP contribution in [0.2, 0.25) is 0 Å². The SMILES string of the molecule is CCCCCCCCP(CCCCCCCC)C1C=CC=C1. The minimum Gasteiger partial charge on any atom is -0.0957 e. The van der Waals surface area contributed by atoms with Crippen molar-refractivity contribution in [2.24, 2.45) is 0 Å². The Morgan fingerprint density at radius 3 is 1.45 bits per heavy atom. The summed E-state index contributed by atoms with van der Waals surface area (Å²) in [7, 11) is 0.216. The van der Waals surface area contributed by atoms with Crippen LogP contribution >= 0.6 is 7.92 Å². The van der Waals surface area contributed by atoms with Crippen LogP contribution in [0.4, 0.5) is 0 Å². The third-order valence-corrected chi connectivity index (χ3v) is 7.72. The molecule has 0 heterocycles. The molecule has 1 aliphatic rings. The van der Waals surface area contributed by atoms with Gasteiger partial charge in [0.05, 0.1) is 0 Å². The quantitative estimate of drug-likeness (QED) is 0.214. The highest BCUT2D eigenvalue weighted by molar-refractivity contribution is 7.58. The van der Waals surface area contributed by atoms with Gasteiger partial charge in [0.2, 0.25) is 0 Å². The Balaban J connectivity index is 2.14. The molecular weight excluding hydrogens is 283 g/mol. The Morgan fingerprint density at radius 1 is 0.591 bits per heavy atom. The Bertz CT molecular complexity index is 264. The van der Waals surface area contributed by atoms with Crippen LogP contribution in [0.1, 0.15) is 90.9 Å². The smallest absolute Gasteiger partial charge is 0.0156 e. The maximum Gasteiger partial charge on any atom is 0.0156 e. The highest BCUT2D eigenvalue weighted by Crippen LogP contribution is 2.46. The van der Waals surface area contributed by atoms with Crippen LogP contribution in [0, 0.1) is 0 Å². The van der Waals surface area contributed by atoms with E-state index in [-0.39, 0.29) is 7.92 Å². The van der Waals surface area contributed by atoms with Gasteiger partial charge in [-0.15, -0.1) is 0 Å². The van der Waals surface area contributed by atoms with Crippen molar-refractivity contribution in [3.63, 3.8) is 0 Å². The molecule has 0 bridgehead atoms. The van der Waals surface area contributed by atoms with Crippen molar-refractivity contribution < 1.29 is 0 Å². The monoisotopic (exact) mass is 322 g/mol. The first-order valence-corrected chi connectivity index (χ1v) is 11.8. The predicted octanol–water partition coefficient (Wildman–Crippen LogP) is 7.68. The van der Waals surface area contributed by atoms with Gasteiger partial charge in [-0.2, -0.15) is 0 Å². The average Bonchev–Trinajstić information content (AvgIpc) is 3.06. The fourth-order valence-corrected chi connectivity index (χ4v) is 6.03. The van der Waals surface area contributed by atoms with E-state index in [0.29, 0.717) is 0 Å². The van der Waals surface area contributed by atoms with Crippen LogP contribution in [-0.4, -0.2) is 18.0 Å². The molecule has 0 aromatic heterocycles. The van der Waals surface area contributed by atoms with Crippen LogP contribution in [0.15, 0.2) is 24.3 Å². The van der Waals surface area contributed by atoms with Crippen LogP contribution in [0.5, 0.6) is 0 Å². The van der Waals surface area contributed by atoms with Crippen molar-refractivity contribution >= 4 is 7.92 Å². The topological polar surface area (TPSA) is 0 Å². The van der Waals surface area contributed by atoms with Gasteiger partial charge in [0, 0.05) is 5.66 Å². The van der Waals surface area contributed by atoms with Crippen molar-refractivity contribution in [1.29, 1.82) is 0 Å². The molecule has 1 rings (SSSR count). The minimum absolute atomic E-state index is 0.216. The van der Waals surface area contributed by atoms with Gasteiger partial charge < -0.3 is 0 Å². The van der Waals surface area contributed by atoms with E-state index in [0.717, 1.165) is 5.66 Å². The predicted molar refractivity (Wildman–Crippen MR) is 105 cm³/mol. The average molecular weight is 323 g/mol. The van der Waals surface area contributed by atoms with Crippen molar-refractivity contribution in [2.75, 3.05) is 12.3 Å². The lowest BCUT2D eigenvalue weighted by Crippen LogP contribution is -2.03. The molecule has 0 saturated carbocycles. The largest absolute Gasteiger partial charge is 0.0957 e. The first kappa shape index (κ1) is 20.0. The summed E-state index contributed by atoms with van der Waals surface area (Å²) in [6.45, 7) is 4.61. The molecule has 0 aliphatic heterocycles. The normalized spacial score (nSPS) is 14.5. The lowest BCUT2D eigenvalue weighted by Gasteiger charge is -2.22. The van der Waals surface area contributed by atoms with E-state index in [1.54, 1.807) is 0 Å². The van der Waals surface area contributed by atoms with Gasteiger partial charge in [0.1, 0.15) is 0 Å². The first-order chi connectivity index (χ1) is 10.9. The number of unbranched alkanes of at least 4 members (excludes halogenated alkanes) is 10. The second kappa shape index (κ2) is 14.5. The lowest BCUT2D eigenvalue weighted by atomic mass is 10.1. The van der Waals surface area contributed by atoms with Gasteiger partial charge in [-0.05, 0) is 25.2 Å². The summed E-state index contributed by atoms with van der Waals surface area (Å²) in [6, 6.07) is 0. The maximum atomic E-state index is 2.46. The molecule has 0 unspecified atom stereocenters. The summed E-state index contributed by atoms with van der Waals surface area (Å²) in [5.41, 5.74) is 0.807. The fourth-order valence-electron chi connectivity index (χ4n) is 3.26. The van der Waals surface area contributed by atoms with E-state index in [1.165, 1.54) is 89.4 Å². The van der Waals surface area contributed by atoms with Gasteiger partial charge in [0.25, 0.3) is 0 Å². The third-order valence-electron chi connectivity index (χ3n) is 4.75. The highest BCUT2D eigenvalue weighted by atomic mass is 31.1. The van der Waals surface area contributed by atoms with Crippen molar-refractivity contribution in [3.8, 4) is 0 Å². The Morgan fingerprint density at radius 2 is 1.00 bits per heavy atom. The summed E-state index contributed by atoms with van der Waals surface area (Å²) < 4.78 is 0. The Kier molecular flexibility index (Phi) is 13.2. The summed E-state index contributed by atoms with van der Waals surface area (Å²) in [6.07, 6.45) is 29.8. The molecule has 0 fully saturated rings. The van der Waals surface area contributed by atoms with Crippen LogP contribution in [0.25, 0.3) is 0 Å².